The molecule has 2 aliphatic rings. The normalized spacial score (nSPS) is 19.1. The summed E-state index contributed by atoms with van der Waals surface area (Å²) in [7, 11) is 0. The summed E-state index contributed by atoms with van der Waals surface area (Å²) >= 11 is 1.80. The van der Waals surface area contributed by atoms with E-state index in [0.717, 1.165) is 76.0 Å². The van der Waals surface area contributed by atoms with E-state index in [1.807, 2.05) is 17.0 Å². The van der Waals surface area contributed by atoms with Crippen molar-refractivity contribution in [2.75, 3.05) is 55.8 Å². The van der Waals surface area contributed by atoms with E-state index in [9.17, 15) is 4.79 Å². The van der Waals surface area contributed by atoms with Gasteiger partial charge >= 0.3 is 0 Å². The van der Waals surface area contributed by atoms with Crippen LogP contribution in [0.1, 0.15) is 24.8 Å². The summed E-state index contributed by atoms with van der Waals surface area (Å²) in [6.45, 7) is 5.81. The third-order valence-electron chi connectivity index (χ3n) is 5.19. The number of carbonyl (C=O) groups is 1. The highest BCUT2D eigenvalue weighted by molar-refractivity contribution is 7.99. The molecule has 1 aromatic heterocycles. The second-order valence-electron chi connectivity index (χ2n) is 7.09. The van der Waals surface area contributed by atoms with Crippen molar-refractivity contribution in [3.63, 3.8) is 0 Å². The molecule has 2 saturated heterocycles. The Labute approximate surface area is 165 Å². The second kappa shape index (κ2) is 9.93. The summed E-state index contributed by atoms with van der Waals surface area (Å²) in [6, 6.07) is 5.50. The van der Waals surface area contributed by atoms with Crippen LogP contribution in [0, 0.1) is 11.3 Å². The standard InChI is InChI=1S/C19H28N6OS/c20-13-16-4-5-18(22-14-16)24-9-7-23(8-10-24)6-2-1-3-17(21)19(26)25-11-12-27-15-25/h4-5,14,17H,1-3,6-12,15,21H2/t17-/m0/s1. The van der Waals surface area contributed by atoms with Gasteiger partial charge in [-0.05, 0) is 31.5 Å². The van der Waals surface area contributed by atoms with Crippen LogP contribution in [0.4, 0.5) is 5.82 Å². The predicted molar refractivity (Wildman–Crippen MR) is 108 cm³/mol. The zero-order valence-corrected chi connectivity index (χ0v) is 16.5. The molecule has 146 valence electrons. The highest BCUT2D eigenvalue weighted by atomic mass is 32.2. The molecule has 0 unspecified atom stereocenters. The van der Waals surface area contributed by atoms with Crippen molar-refractivity contribution in [1.82, 2.24) is 14.8 Å². The van der Waals surface area contributed by atoms with E-state index in [-0.39, 0.29) is 11.9 Å². The molecule has 1 aromatic rings. The summed E-state index contributed by atoms with van der Waals surface area (Å²) in [5.74, 6) is 2.88. The Bertz CT molecular complexity index is 647. The van der Waals surface area contributed by atoms with Crippen LogP contribution >= 0.6 is 11.8 Å². The Morgan fingerprint density at radius 2 is 2.07 bits per heavy atom. The average Bonchev–Trinajstić information content (AvgIpc) is 3.26. The molecule has 2 N–H and O–H groups in total. The SMILES string of the molecule is N#Cc1ccc(N2CCN(CCCC[C@H](N)C(=O)N3CCSC3)CC2)nc1. The van der Waals surface area contributed by atoms with Gasteiger partial charge in [-0.15, -0.1) is 11.8 Å². The molecule has 1 amide bonds. The number of nitriles is 1. The molecule has 3 rings (SSSR count). The Morgan fingerprint density at radius 1 is 1.26 bits per heavy atom. The number of unbranched alkanes of at least 4 members (excludes halogenated alkanes) is 1. The van der Waals surface area contributed by atoms with Gasteiger partial charge in [-0.2, -0.15) is 5.26 Å². The molecule has 2 fully saturated rings. The lowest BCUT2D eigenvalue weighted by Gasteiger charge is -2.35. The quantitative estimate of drug-likeness (QED) is 0.700. The number of pyridine rings is 1. The number of amides is 1. The largest absolute Gasteiger partial charge is 0.354 e. The smallest absolute Gasteiger partial charge is 0.240 e. The fourth-order valence-corrected chi connectivity index (χ4v) is 4.44. The van der Waals surface area contributed by atoms with Gasteiger partial charge in [0.2, 0.25) is 5.91 Å². The molecule has 0 aromatic carbocycles. The molecule has 8 heteroatoms. The van der Waals surface area contributed by atoms with Crippen molar-refractivity contribution < 1.29 is 4.79 Å². The van der Waals surface area contributed by atoms with Crippen molar-refractivity contribution >= 4 is 23.5 Å². The van der Waals surface area contributed by atoms with Gasteiger partial charge in [0.05, 0.1) is 17.5 Å². The molecule has 27 heavy (non-hydrogen) atoms. The molecule has 0 radical (unpaired) electrons. The summed E-state index contributed by atoms with van der Waals surface area (Å²) < 4.78 is 0. The molecule has 0 bridgehead atoms. The van der Waals surface area contributed by atoms with Crippen molar-refractivity contribution in [1.29, 1.82) is 5.26 Å². The van der Waals surface area contributed by atoms with Crippen LogP contribution in [0.3, 0.4) is 0 Å². The fraction of sp³-hybridized carbons (Fsp3) is 0.632. The van der Waals surface area contributed by atoms with Crippen LogP contribution in [-0.4, -0.2) is 77.6 Å². The maximum atomic E-state index is 12.2. The van der Waals surface area contributed by atoms with Crippen molar-refractivity contribution in [2.24, 2.45) is 5.73 Å². The monoisotopic (exact) mass is 388 g/mol. The minimum absolute atomic E-state index is 0.114. The van der Waals surface area contributed by atoms with E-state index in [2.05, 4.69) is 20.9 Å². The van der Waals surface area contributed by atoms with E-state index < -0.39 is 0 Å². The predicted octanol–water partition coefficient (Wildman–Crippen LogP) is 1.11. The van der Waals surface area contributed by atoms with Gasteiger partial charge in [-0.1, -0.05) is 6.42 Å². The van der Waals surface area contributed by atoms with Gasteiger partial charge in [0.25, 0.3) is 0 Å². The summed E-state index contributed by atoms with van der Waals surface area (Å²) in [6.07, 6.45) is 4.47. The third-order valence-corrected chi connectivity index (χ3v) is 6.16. The van der Waals surface area contributed by atoms with Gasteiger partial charge in [0.1, 0.15) is 11.9 Å². The highest BCUT2D eigenvalue weighted by Crippen LogP contribution is 2.16. The number of aromatic nitrogens is 1. The molecular weight excluding hydrogens is 360 g/mol. The molecule has 0 spiro atoms. The summed E-state index contributed by atoms with van der Waals surface area (Å²) in [5, 5.41) is 8.86. The lowest BCUT2D eigenvalue weighted by molar-refractivity contribution is -0.131. The van der Waals surface area contributed by atoms with Crippen LogP contribution < -0.4 is 10.6 Å². The molecule has 2 aliphatic heterocycles. The first-order valence-corrected chi connectivity index (χ1v) is 10.8. The van der Waals surface area contributed by atoms with Gasteiger partial charge in [0, 0.05) is 44.7 Å². The third kappa shape index (κ3) is 5.58. The zero-order chi connectivity index (χ0) is 19.1. The molecule has 3 heterocycles. The Balaban J connectivity index is 1.31. The number of nitrogens with zero attached hydrogens (tertiary/aromatic N) is 5. The molecule has 7 nitrogen and oxygen atoms in total. The minimum atomic E-state index is -0.344. The topological polar surface area (TPSA) is 89.5 Å². The van der Waals surface area contributed by atoms with E-state index in [1.54, 1.807) is 18.0 Å². The minimum Gasteiger partial charge on any atom is -0.354 e. The van der Waals surface area contributed by atoms with Gasteiger partial charge in [0.15, 0.2) is 0 Å². The maximum Gasteiger partial charge on any atom is 0.240 e. The van der Waals surface area contributed by atoms with E-state index >= 15 is 0 Å². The number of hydrogen-bond acceptors (Lipinski definition) is 7. The fourth-order valence-electron chi connectivity index (χ4n) is 3.49. The first kappa shape index (κ1) is 19.9. The molecular formula is C19H28N6OS. The number of anilines is 1. The Hall–Kier alpha value is -1.82. The van der Waals surface area contributed by atoms with Crippen LogP contribution in [0.25, 0.3) is 0 Å². The van der Waals surface area contributed by atoms with E-state index in [1.165, 1.54) is 0 Å². The van der Waals surface area contributed by atoms with Crippen LogP contribution in [-0.2, 0) is 4.79 Å². The number of carbonyl (C=O) groups excluding carboxylic acids is 1. The Kier molecular flexibility index (Phi) is 7.33. The molecule has 1 atom stereocenters. The number of rotatable bonds is 7. The summed E-state index contributed by atoms with van der Waals surface area (Å²) in [5.41, 5.74) is 6.67. The lowest BCUT2D eigenvalue weighted by atomic mass is 10.1. The lowest BCUT2D eigenvalue weighted by Crippen LogP contribution is -2.47. The Morgan fingerprint density at radius 3 is 2.70 bits per heavy atom. The van der Waals surface area contributed by atoms with Crippen molar-refractivity contribution in [3.05, 3.63) is 23.9 Å². The van der Waals surface area contributed by atoms with Crippen LogP contribution in [0.2, 0.25) is 0 Å². The average molecular weight is 389 g/mol. The van der Waals surface area contributed by atoms with Crippen LogP contribution in [0.15, 0.2) is 18.3 Å². The van der Waals surface area contributed by atoms with Crippen molar-refractivity contribution in [2.45, 2.75) is 25.3 Å². The highest BCUT2D eigenvalue weighted by Gasteiger charge is 2.23. The number of nitrogens with two attached hydrogens (primary N) is 1. The van der Waals surface area contributed by atoms with Crippen LogP contribution in [0.5, 0.6) is 0 Å². The number of piperazine rings is 1. The second-order valence-corrected chi connectivity index (χ2v) is 8.16. The zero-order valence-electron chi connectivity index (χ0n) is 15.7. The first-order valence-electron chi connectivity index (χ1n) is 9.63. The summed E-state index contributed by atoms with van der Waals surface area (Å²) in [4.78, 5) is 23.2. The van der Waals surface area contributed by atoms with Crippen molar-refractivity contribution in [3.8, 4) is 6.07 Å². The molecule has 0 aliphatic carbocycles. The maximum absolute atomic E-state index is 12.2. The van der Waals surface area contributed by atoms with Gasteiger partial charge < -0.3 is 15.5 Å². The van der Waals surface area contributed by atoms with E-state index in [4.69, 9.17) is 11.0 Å². The number of thioether (sulfide) groups is 1. The van der Waals surface area contributed by atoms with Gasteiger partial charge in [-0.3, -0.25) is 9.69 Å². The molecule has 0 saturated carbocycles. The van der Waals surface area contributed by atoms with E-state index in [0.29, 0.717) is 5.56 Å². The first-order chi connectivity index (χ1) is 13.2. The number of hydrogen-bond donors (Lipinski definition) is 1. The van der Waals surface area contributed by atoms with Gasteiger partial charge in [-0.25, -0.2) is 4.98 Å².